The van der Waals surface area contributed by atoms with E-state index in [-0.39, 0.29) is 0 Å². The molecule has 0 nitrogen and oxygen atoms in total. The molecule has 0 saturated heterocycles. The molecule has 0 aromatic heterocycles. The number of hydrogen-bond donors (Lipinski definition) is 0. The maximum atomic E-state index is 2.57. The number of alkyl halides is 1. The highest BCUT2D eigenvalue weighted by Gasteiger charge is 2.19. The minimum atomic E-state index is 0.437. The fraction of sp³-hybridized carbons (Fsp3) is 0.917. The van der Waals surface area contributed by atoms with Crippen LogP contribution in [0, 0.1) is 11.8 Å². The predicted octanol–water partition coefficient (Wildman–Crippen LogP) is 4.39. The van der Waals surface area contributed by atoms with Crippen molar-refractivity contribution in [2.45, 2.75) is 51.9 Å². The molecule has 0 atom stereocenters. The largest absolute Gasteiger partial charge is 0.131 e. The Morgan fingerprint density at radius 3 is 2.31 bits per heavy atom. The van der Waals surface area contributed by atoms with Crippen molar-refractivity contribution in [2.75, 3.05) is 4.93 Å². The van der Waals surface area contributed by atoms with Crippen molar-refractivity contribution < 1.29 is 0 Å². The summed E-state index contributed by atoms with van der Waals surface area (Å²) in [5.41, 5.74) is 0. The van der Waals surface area contributed by atoms with Gasteiger partial charge in [-0.15, -0.1) is 20.7 Å². The lowest BCUT2D eigenvalue weighted by molar-refractivity contribution is 0.268. The van der Waals surface area contributed by atoms with Gasteiger partial charge < -0.3 is 0 Å². The zero-order valence-electron chi connectivity index (χ0n) is 9.06. The molecule has 1 fully saturated rings. The summed E-state index contributed by atoms with van der Waals surface area (Å²) in [6, 6.07) is 0. The van der Waals surface area contributed by atoms with Crippen LogP contribution in [0.1, 0.15) is 51.9 Å². The Labute approximate surface area is 93.2 Å². The minimum Gasteiger partial charge on any atom is -0.131 e. The molecule has 0 aromatic carbocycles. The van der Waals surface area contributed by atoms with E-state index < -0.39 is 0 Å². The lowest BCUT2D eigenvalue weighted by Gasteiger charge is -2.27. The first-order valence-corrected chi connectivity index (χ1v) is 9.06. The van der Waals surface area contributed by atoms with Crippen molar-refractivity contribution in [1.82, 2.24) is 0 Å². The van der Waals surface area contributed by atoms with E-state index in [0.29, 0.717) is 20.7 Å². The topological polar surface area (TPSA) is 0 Å². The van der Waals surface area contributed by atoms with E-state index in [1.165, 1.54) is 44.9 Å². The molecule has 0 aliphatic heterocycles. The Kier molecular flexibility index (Phi) is 6.26. The van der Waals surface area contributed by atoms with Gasteiger partial charge in [0.25, 0.3) is 0 Å². The van der Waals surface area contributed by atoms with E-state index in [0.717, 1.165) is 11.8 Å². The summed E-state index contributed by atoms with van der Waals surface area (Å²) in [4.78, 5) is 2.36. The molecule has 0 aromatic rings. The molecule has 1 heteroatoms. The highest BCUT2D eigenvalue weighted by molar-refractivity contribution is 14.2. The molecule has 0 heterocycles. The van der Waals surface area contributed by atoms with Crippen LogP contribution in [0.5, 0.6) is 0 Å². The molecule has 0 unspecified atom stereocenters. The lowest BCUT2D eigenvalue weighted by atomic mass is 9.79. The molecule has 0 spiro atoms. The van der Waals surface area contributed by atoms with E-state index in [1.54, 1.807) is 0 Å². The highest BCUT2D eigenvalue weighted by Crippen LogP contribution is 2.32. The van der Waals surface area contributed by atoms with Crippen molar-refractivity contribution >= 4 is 24.7 Å². The van der Waals surface area contributed by atoms with Gasteiger partial charge in [-0.25, -0.2) is 0 Å². The first-order valence-electron chi connectivity index (χ1n) is 5.66. The zero-order valence-corrected chi connectivity index (χ0v) is 11.2. The van der Waals surface area contributed by atoms with Gasteiger partial charge >= 0.3 is 0 Å². The van der Waals surface area contributed by atoms with E-state index in [1.807, 2.05) is 0 Å². The minimum absolute atomic E-state index is 0.437. The Bertz CT molecular complexity index is 143. The van der Waals surface area contributed by atoms with Crippen LogP contribution >= 0.6 is 20.7 Å². The fourth-order valence-electron chi connectivity index (χ4n) is 2.38. The Balaban J connectivity index is 2.14. The average molecular weight is 294 g/mol. The van der Waals surface area contributed by atoms with Crippen LogP contribution in [0.25, 0.3) is 0 Å². The zero-order chi connectivity index (χ0) is 9.52. The van der Waals surface area contributed by atoms with Crippen LogP contribution in [-0.2, 0) is 0 Å². The molecule has 13 heavy (non-hydrogen) atoms. The van der Waals surface area contributed by atoms with Gasteiger partial charge in [-0.1, -0.05) is 36.6 Å². The molecular formula is C12H23I. The maximum Gasteiger partial charge on any atom is -0.0172 e. The Hall–Kier alpha value is 0.600. The van der Waals surface area contributed by atoms with Crippen LogP contribution in [0.4, 0.5) is 0 Å². The second kappa shape index (κ2) is 6.97. The smallest absolute Gasteiger partial charge is 0.0172 e. The molecule has 78 valence electrons. The Morgan fingerprint density at radius 1 is 1.15 bits per heavy atom. The summed E-state index contributed by atoms with van der Waals surface area (Å²) >= 11 is 0.437. The van der Waals surface area contributed by atoms with Gasteiger partial charge in [-0.3, -0.25) is 0 Å². The third-order valence-corrected chi connectivity index (χ3v) is 4.63. The normalized spacial score (nSPS) is 30.3. The average Bonchev–Trinajstić information content (AvgIpc) is 2.17. The summed E-state index contributed by atoms with van der Waals surface area (Å²) in [5, 5.41) is 0. The third-order valence-electron chi connectivity index (χ3n) is 3.24. The van der Waals surface area contributed by atoms with Gasteiger partial charge in [0.1, 0.15) is 0 Å². The van der Waals surface area contributed by atoms with Crippen molar-refractivity contribution in [2.24, 2.45) is 11.8 Å². The second-order valence-electron chi connectivity index (χ2n) is 4.28. The van der Waals surface area contributed by atoms with Crippen molar-refractivity contribution in [3.05, 3.63) is 0 Å². The molecule has 1 aliphatic rings. The molecule has 1 rings (SSSR count). The molecule has 0 bridgehead atoms. The Morgan fingerprint density at radius 2 is 1.77 bits per heavy atom. The van der Waals surface area contributed by atoms with Gasteiger partial charge in [0.2, 0.25) is 0 Å². The van der Waals surface area contributed by atoms with Crippen molar-refractivity contribution in [3.8, 4) is 0 Å². The number of halogens is 1. The lowest BCUT2D eigenvalue weighted by Crippen LogP contribution is -2.14. The van der Waals surface area contributed by atoms with E-state index in [9.17, 15) is 0 Å². The van der Waals surface area contributed by atoms with E-state index in [4.69, 9.17) is 0 Å². The van der Waals surface area contributed by atoms with Crippen molar-refractivity contribution in [3.63, 3.8) is 0 Å². The van der Waals surface area contributed by atoms with Gasteiger partial charge in [0, 0.05) is 0 Å². The van der Waals surface area contributed by atoms with Crippen LogP contribution in [-0.4, -0.2) is 8.94 Å². The summed E-state index contributed by atoms with van der Waals surface area (Å²) in [7, 11) is 0. The molecule has 1 aliphatic carbocycles. The van der Waals surface area contributed by atoms with Gasteiger partial charge in [-0.05, 0) is 36.0 Å². The number of rotatable bonds is 4. The quantitative estimate of drug-likeness (QED) is 0.533. The van der Waals surface area contributed by atoms with Gasteiger partial charge in [0.05, 0.1) is 0 Å². The highest BCUT2D eigenvalue weighted by atomic mass is 127. The second-order valence-corrected chi connectivity index (χ2v) is 6.41. The molecule has 1 saturated carbocycles. The standard InChI is InChI=1S/C12H23I/c1-3-4-11-5-7-12(8-6-11)9-10-13-2/h10-12H,3-9H2,1-2H3. The molecular weight excluding hydrogens is 271 g/mol. The van der Waals surface area contributed by atoms with Gasteiger partial charge in [-0.2, -0.15) is 0 Å². The molecule has 0 N–H and O–H groups in total. The predicted molar refractivity (Wildman–Crippen MR) is 71.0 cm³/mol. The van der Waals surface area contributed by atoms with Crippen molar-refractivity contribution in [1.29, 1.82) is 0 Å². The number of hydrogen-bond acceptors (Lipinski definition) is 0. The molecule has 0 radical (unpaired) electrons. The van der Waals surface area contributed by atoms with E-state index >= 15 is 0 Å². The summed E-state index contributed by atoms with van der Waals surface area (Å²) < 4.78 is 2.57. The van der Waals surface area contributed by atoms with Crippen LogP contribution in [0.3, 0.4) is 0 Å². The summed E-state index contributed by atoms with van der Waals surface area (Å²) in [6.45, 7) is 2.32. The SMILES string of the molecule is CCCC1CCC(CC=IC)CC1. The maximum absolute atomic E-state index is 2.57. The van der Waals surface area contributed by atoms with Crippen LogP contribution in [0.15, 0.2) is 0 Å². The third kappa shape index (κ3) is 4.57. The first-order chi connectivity index (χ1) is 6.36. The van der Waals surface area contributed by atoms with E-state index in [2.05, 4.69) is 15.9 Å². The summed E-state index contributed by atoms with van der Waals surface area (Å²) in [5.74, 6) is 2.14. The van der Waals surface area contributed by atoms with Crippen LogP contribution in [0.2, 0.25) is 0 Å². The van der Waals surface area contributed by atoms with Crippen LogP contribution < -0.4 is 0 Å². The summed E-state index contributed by atoms with van der Waals surface area (Å²) in [6.07, 6.45) is 10.4. The monoisotopic (exact) mass is 294 g/mol. The van der Waals surface area contributed by atoms with Gasteiger partial charge in [0.15, 0.2) is 0 Å². The molecule has 0 amide bonds. The fourth-order valence-corrected chi connectivity index (χ4v) is 3.61. The first kappa shape index (κ1) is 11.7.